The van der Waals surface area contributed by atoms with Crippen molar-refractivity contribution in [1.82, 2.24) is 10.4 Å². The molecule has 5 heteroatoms. The average molecular weight is 257 g/mol. The predicted molar refractivity (Wildman–Crippen MR) is 73.5 cm³/mol. The fraction of sp³-hybridized carbons (Fsp3) is 0.143. The van der Waals surface area contributed by atoms with Gasteiger partial charge < -0.3 is 9.72 Å². The molecule has 0 atom stereocenters. The molecule has 1 amide bonds. The third-order valence-corrected chi connectivity index (χ3v) is 2.42. The number of hydrogen-bond acceptors (Lipinski definition) is 3. The maximum absolute atomic E-state index is 11.8. The summed E-state index contributed by atoms with van der Waals surface area (Å²) < 4.78 is 5.31. The number of carbonyl (C=O) groups excluding carboxylic acids is 1. The molecule has 2 N–H and O–H groups in total. The molecule has 0 saturated heterocycles. The molecule has 2 aromatic rings. The van der Waals surface area contributed by atoms with Crippen molar-refractivity contribution in [3.8, 4) is 5.75 Å². The number of aromatic amines is 1. The summed E-state index contributed by atoms with van der Waals surface area (Å²) in [5, 5.41) is 3.86. The van der Waals surface area contributed by atoms with E-state index in [-0.39, 0.29) is 5.91 Å². The Labute approximate surface area is 111 Å². The Balaban J connectivity index is 1.92. The largest absolute Gasteiger partial charge is 0.494 e. The minimum Gasteiger partial charge on any atom is -0.494 e. The third kappa shape index (κ3) is 3.70. The molecule has 0 fully saturated rings. The predicted octanol–water partition coefficient (Wildman–Crippen LogP) is 2.18. The summed E-state index contributed by atoms with van der Waals surface area (Å²) in [6.45, 7) is 2.52. The number of aromatic nitrogens is 1. The van der Waals surface area contributed by atoms with Gasteiger partial charge in [0.15, 0.2) is 0 Å². The first kappa shape index (κ1) is 12.9. The maximum atomic E-state index is 11.8. The maximum Gasteiger partial charge on any atom is 0.271 e. The molecule has 2 rings (SSSR count). The Kier molecular flexibility index (Phi) is 4.34. The lowest BCUT2D eigenvalue weighted by Crippen LogP contribution is -2.17. The Hall–Kier alpha value is -2.56. The molecular weight excluding hydrogens is 242 g/mol. The van der Waals surface area contributed by atoms with Crippen LogP contribution in [0.25, 0.3) is 0 Å². The van der Waals surface area contributed by atoms with E-state index in [1.807, 2.05) is 19.1 Å². The van der Waals surface area contributed by atoms with Crippen molar-refractivity contribution in [1.29, 1.82) is 0 Å². The molecule has 1 aromatic heterocycles. The molecule has 0 unspecified atom stereocenters. The number of benzene rings is 1. The van der Waals surface area contributed by atoms with Crippen LogP contribution in [0, 0.1) is 0 Å². The smallest absolute Gasteiger partial charge is 0.271 e. The number of nitrogens with one attached hydrogen (secondary N) is 2. The van der Waals surface area contributed by atoms with Crippen molar-refractivity contribution >= 4 is 12.1 Å². The van der Waals surface area contributed by atoms with Gasteiger partial charge in [-0.15, -0.1) is 0 Å². The summed E-state index contributed by atoms with van der Waals surface area (Å²) in [5.41, 5.74) is 3.82. The molecule has 1 aromatic carbocycles. The number of nitrogens with zero attached hydrogens (tertiary/aromatic N) is 1. The van der Waals surface area contributed by atoms with Crippen LogP contribution in [0.4, 0.5) is 0 Å². The fourth-order valence-corrected chi connectivity index (χ4v) is 1.52. The second-order valence-corrected chi connectivity index (χ2v) is 3.78. The van der Waals surface area contributed by atoms with Crippen molar-refractivity contribution in [2.24, 2.45) is 5.10 Å². The van der Waals surface area contributed by atoms with Crippen LogP contribution in [0.5, 0.6) is 5.75 Å². The number of ether oxygens (including phenoxy) is 1. The van der Waals surface area contributed by atoms with Gasteiger partial charge in [0.05, 0.1) is 18.5 Å². The highest BCUT2D eigenvalue weighted by Crippen LogP contribution is 2.11. The molecule has 19 heavy (non-hydrogen) atoms. The summed E-state index contributed by atoms with van der Waals surface area (Å²) in [6.07, 6.45) is 3.34. The Bertz CT molecular complexity index is 545. The van der Waals surface area contributed by atoms with E-state index >= 15 is 0 Å². The first-order valence-electron chi connectivity index (χ1n) is 5.99. The Morgan fingerprint density at radius 3 is 2.79 bits per heavy atom. The number of amides is 1. The molecular formula is C14H15N3O2. The average Bonchev–Trinajstić information content (AvgIpc) is 2.93. The van der Waals surface area contributed by atoms with Gasteiger partial charge >= 0.3 is 0 Å². The first-order valence-corrected chi connectivity index (χ1v) is 5.99. The van der Waals surface area contributed by atoms with Crippen LogP contribution in [0.1, 0.15) is 23.0 Å². The van der Waals surface area contributed by atoms with Crippen LogP contribution >= 0.6 is 0 Å². The molecule has 0 saturated carbocycles. The molecule has 0 aliphatic rings. The zero-order valence-corrected chi connectivity index (χ0v) is 10.6. The van der Waals surface area contributed by atoms with Gasteiger partial charge in [0.1, 0.15) is 5.75 Å². The monoisotopic (exact) mass is 257 g/mol. The first-order chi connectivity index (χ1) is 9.29. The van der Waals surface area contributed by atoms with E-state index in [1.165, 1.54) is 0 Å². The lowest BCUT2D eigenvalue weighted by atomic mass is 10.2. The van der Waals surface area contributed by atoms with E-state index in [0.717, 1.165) is 11.4 Å². The van der Waals surface area contributed by atoms with Gasteiger partial charge in [-0.3, -0.25) is 4.79 Å². The van der Waals surface area contributed by atoms with Gasteiger partial charge in [-0.2, -0.15) is 5.10 Å². The Morgan fingerprint density at radius 1 is 1.37 bits per heavy atom. The summed E-state index contributed by atoms with van der Waals surface area (Å²) in [7, 11) is 0. The highest BCUT2D eigenvalue weighted by Gasteiger charge is 2.03. The van der Waals surface area contributed by atoms with Gasteiger partial charge in [-0.25, -0.2) is 5.43 Å². The number of H-pyrrole nitrogens is 1. The number of hydrazone groups is 1. The lowest BCUT2D eigenvalue weighted by molar-refractivity contribution is 0.0955. The molecule has 0 aliphatic carbocycles. The van der Waals surface area contributed by atoms with E-state index in [0.29, 0.717) is 12.2 Å². The van der Waals surface area contributed by atoms with Crippen LogP contribution in [-0.4, -0.2) is 23.7 Å². The highest BCUT2D eigenvalue weighted by atomic mass is 16.5. The van der Waals surface area contributed by atoms with E-state index < -0.39 is 0 Å². The van der Waals surface area contributed by atoms with Gasteiger partial charge in [0.25, 0.3) is 5.91 Å². The van der Waals surface area contributed by atoms with Gasteiger partial charge in [0, 0.05) is 11.8 Å². The summed E-state index contributed by atoms with van der Waals surface area (Å²) >= 11 is 0. The highest BCUT2D eigenvalue weighted by molar-refractivity contribution is 5.94. The SMILES string of the molecule is CCOc1ccc(C(=O)NN=Cc2ccc[nH]2)cc1. The quantitative estimate of drug-likeness (QED) is 0.637. The van der Waals surface area contributed by atoms with E-state index in [2.05, 4.69) is 15.5 Å². The Morgan fingerprint density at radius 2 is 2.16 bits per heavy atom. The van der Waals surface area contributed by atoms with Crippen molar-refractivity contribution in [3.63, 3.8) is 0 Å². The number of hydrogen-bond donors (Lipinski definition) is 2. The van der Waals surface area contributed by atoms with Crippen LogP contribution < -0.4 is 10.2 Å². The zero-order valence-electron chi connectivity index (χ0n) is 10.6. The van der Waals surface area contributed by atoms with Crippen LogP contribution in [-0.2, 0) is 0 Å². The summed E-state index contributed by atoms with van der Waals surface area (Å²) in [6, 6.07) is 10.6. The van der Waals surface area contributed by atoms with Gasteiger partial charge in [-0.1, -0.05) is 0 Å². The van der Waals surface area contributed by atoms with Crippen LogP contribution in [0.3, 0.4) is 0 Å². The van der Waals surface area contributed by atoms with E-state index in [1.54, 1.807) is 36.7 Å². The van der Waals surface area contributed by atoms with Crippen LogP contribution in [0.2, 0.25) is 0 Å². The standard InChI is InChI=1S/C14H15N3O2/c1-2-19-13-7-5-11(6-8-13)14(18)17-16-10-12-4-3-9-15-12/h3-10,15H,2H2,1H3,(H,17,18). The van der Waals surface area contributed by atoms with Gasteiger partial charge in [-0.05, 0) is 43.3 Å². The van der Waals surface area contributed by atoms with Crippen LogP contribution in [0.15, 0.2) is 47.7 Å². The number of carbonyl (C=O) groups is 1. The van der Waals surface area contributed by atoms with Crippen molar-refractivity contribution in [2.75, 3.05) is 6.61 Å². The fourth-order valence-electron chi connectivity index (χ4n) is 1.52. The number of rotatable bonds is 5. The molecule has 0 radical (unpaired) electrons. The normalized spacial score (nSPS) is 10.6. The molecule has 5 nitrogen and oxygen atoms in total. The van der Waals surface area contributed by atoms with Crippen molar-refractivity contribution < 1.29 is 9.53 Å². The second-order valence-electron chi connectivity index (χ2n) is 3.78. The van der Waals surface area contributed by atoms with Crippen molar-refractivity contribution in [2.45, 2.75) is 6.92 Å². The summed E-state index contributed by atoms with van der Waals surface area (Å²) in [5.74, 6) is 0.486. The van der Waals surface area contributed by atoms with Gasteiger partial charge in [0.2, 0.25) is 0 Å². The molecule has 0 spiro atoms. The zero-order chi connectivity index (χ0) is 13.5. The van der Waals surface area contributed by atoms with E-state index in [4.69, 9.17) is 4.74 Å². The molecule has 98 valence electrons. The minimum absolute atomic E-state index is 0.258. The second kappa shape index (κ2) is 6.39. The third-order valence-electron chi connectivity index (χ3n) is 2.42. The topological polar surface area (TPSA) is 66.5 Å². The van der Waals surface area contributed by atoms with Crippen molar-refractivity contribution in [3.05, 3.63) is 53.9 Å². The lowest BCUT2D eigenvalue weighted by Gasteiger charge is -2.03. The summed E-state index contributed by atoms with van der Waals surface area (Å²) in [4.78, 5) is 14.7. The minimum atomic E-state index is -0.258. The molecule has 1 heterocycles. The molecule has 0 aliphatic heterocycles. The van der Waals surface area contributed by atoms with E-state index in [9.17, 15) is 4.79 Å². The molecule has 0 bridgehead atoms.